The largest absolute Gasteiger partial charge is 0.480 e. The number of hydrogen-bond acceptors (Lipinski definition) is 2. The van der Waals surface area contributed by atoms with Crippen LogP contribution in [-0.2, 0) is 9.59 Å². The number of aliphatic carboxylic acids is 1. The van der Waals surface area contributed by atoms with Crippen molar-refractivity contribution in [3.8, 4) is 0 Å². The van der Waals surface area contributed by atoms with Gasteiger partial charge in [-0.2, -0.15) is 0 Å². The summed E-state index contributed by atoms with van der Waals surface area (Å²) in [7, 11) is 0. The highest BCUT2D eigenvalue weighted by Crippen LogP contribution is 2.10. The molecule has 22 heavy (non-hydrogen) atoms. The number of carboxylic acids is 1. The second-order valence-electron chi connectivity index (χ2n) is 6.28. The quantitative estimate of drug-likeness (QED) is 0.371. The molecule has 0 aromatic rings. The van der Waals surface area contributed by atoms with Gasteiger partial charge < -0.3 is 10.4 Å². The summed E-state index contributed by atoms with van der Waals surface area (Å²) in [6.45, 7) is 4.20. The molecule has 0 aromatic heterocycles. The minimum absolute atomic E-state index is 0.157. The van der Waals surface area contributed by atoms with Gasteiger partial charge in [-0.05, 0) is 31.6 Å². The highest BCUT2D eigenvalue weighted by Gasteiger charge is 2.02. The third-order valence-electron chi connectivity index (χ3n) is 3.49. The Labute approximate surface area is 135 Å². The summed E-state index contributed by atoms with van der Waals surface area (Å²) in [6.07, 6.45) is 15.5. The van der Waals surface area contributed by atoms with E-state index >= 15 is 0 Å². The molecule has 4 nitrogen and oxygen atoms in total. The lowest BCUT2D eigenvalue weighted by molar-refractivity contribution is -0.137. The van der Waals surface area contributed by atoms with Gasteiger partial charge in [-0.1, -0.05) is 58.1 Å². The fraction of sp³-hybridized carbons (Fsp3) is 0.778. The van der Waals surface area contributed by atoms with Crippen molar-refractivity contribution >= 4 is 11.9 Å². The molecule has 0 rings (SSSR count). The summed E-state index contributed by atoms with van der Waals surface area (Å²) in [6, 6.07) is 0. The van der Waals surface area contributed by atoms with Crippen molar-refractivity contribution in [3.05, 3.63) is 12.2 Å². The maximum Gasteiger partial charge on any atom is 0.322 e. The van der Waals surface area contributed by atoms with Gasteiger partial charge in [-0.3, -0.25) is 9.59 Å². The number of rotatable bonds is 14. The third-order valence-corrected chi connectivity index (χ3v) is 3.49. The number of carboxylic acid groups (broad SMARTS) is 1. The van der Waals surface area contributed by atoms with E-state index in [4.69, 9.17) is 5.11 Å². The second kappa shape index (κ2) is 14.6. The zero-order valence-corrected chi connectivity index (χ0v) is 14.3. The van der Waals surface area contributed by atoms with E-state index < -0.39 is 5.97 Å². The normalized spacial score (nSPS) is 11.2. The predicted octanol–water partition coefficient (Wildman–Crippen LogP) is 4.30. The summed E-state index contributed by atoms with van der Waals surface area (Å²) in [4.78, 5) is 21.5. The van der Waals surface area contributed by atoms with Crippen molar-refractivity contribution in [1.29, 1.82) is 0 Å². The Morgan fingerprint density at radius 2 is 1.55 bits per heavy atom. The lowest BCUT2D eigenvalue weighted by atomic mass is 10.1. The average Bonchev–Trinajstić information content (AvgIpc) is 2.45. The predicted molar refractivity (Wildman–Crippen MR) is 90.8 cm³/mol. The molecule has 0 unspecified atom stereocenters. The van der Waals surface area contributed by atoms with Crippen LogP contribution < -0.4 is 5.32 Å². The van der Waals surface area contributed by atoms with Gasteiger partial charge in [0.05, 0.1) is 0 Å². The fourth-order valence-electron chi connectivity index (χ4n) is 2.18. The molecule has 0 aliphatic heterocycles. The lowest BCUT2D eigenvalue weighted by Crippen LogP contribution is -2.28. The average molecular weight is 311 g/mol. The Hall–Kier alpha value is -1.32. The molecule has 0 aromatic carbocycles. The maximum absolute atomic E-state index is 11.3. The Kier molecular flexibility index (Phi) is 13.7. The first kappa shape index (κ1) is 20.7. The molecule has 0 saturated carbocycles. The monoisotopic (exact) mass is 311 g/mol. The van der Waals surface area contributed by atoms with Crippen LogP contribution in [0.15, 0.2) is 12.2 Å². The molecule has 4 heteroatoms. The van der Waals surface area contributed by atoms with Gasteiger partial charge in [0.2, 0.25) is 5.91 Å². The Morgan fingerprint density at radius 3 is 2.14 bits per heavy atom. The molecule has 0 spiro atoms. The highest BCUT2D eigenvalue weighted by molar-refractivity contribution is 5.80. The van der Waals surface area contributed by atoms with E-state index in [2.05, 4.69) is 31.3 Å². The van der Waals surface area contributed by atoms with Crippen molar-refractivity contribution in [1.82, 2.24) is 5.32 Å². The molecule has 0 bridgehead atoms. The summed E-state index contributed by atoms with van der Waals surface area (Å²) in [5.74, 6) is -0.398. The number of hydrogen-bond donors (Lipinski definition) is 2. The zero-order chi connectivity index (χ0) is 16.6. The van der Waals surface area contributed by atoms with E-state index in [1.165, 1.54) is 38.5 Å². The van der Waals surface area contributed by atoms with Crippen LogP contribution >= 0.6 is 0 Å². The van der Waals surface area contributed by atoms with Gasteiger partial charge in [0, 0.05) is 6.42 Å². The third kappa shape index (κ3) is 16.7. The van der Waals surface area contributed by atoms with Crippen LogP contribution in [0.1, 0.15) is 78.1 Å². The van der Waals surface area contributed by atoms with Gasteiger partial charge in [0.1, 0.15) is 6.54 Å². The lowest BCUT2D eigenvalue weighted by Gasteiger charge is -2.03. The van der Waals surface area contributed by atoms with Crippen molar-refractivity contribution in [2.45, 2.75) is 78.1 Å². The molecule has 0 heterocycles. The van der Waals surface area contributed by atoms with Crippen LogP contribution in [0.2, 0.25) is 0 Å². The number of allylic oxidation sites excluding steroid dienone is 2. The minimum atomic E-state index is -0.993. The zero-order valence-electron chi connectivity index (χ0n) is 14.3. The Bertz CT molecular complexity index is 324. The molecular formula is C18H33NO3. The maximum atomic E-state index is 11.3. The smallest absolute Gasteiger partial charge is 0.322 e. The van der Waals surface area contributed by atoms with Crippen LogP contribution in [0.3, 0.4) is 0 Å². The van der Waals surface area contributed by atoms with E-state index in [0.29, 0.717) is 6.42 Å². The molecule has 0 aliphatic rings. The van der Waals surface area contributed by atoms with E-state index in [-0.39, 0.29) is 12.5 Å². The molecule has 0 saturated heterocycles. The molecule has 0 atom stereocenters. The van der Waals surface area contributed by atoms with E-state index in [0.717, 1.165) is 25.2 Å². The molecule has 2 N–H and O–H groups in total. The van der Waals surface area contributed by atoms with Gasteiger partial charge in [0.15, 0.2) is 0 Å². The van der Waals surface area contributed by atoms with Crippen molar-refractivity contribution in [3.63, 3.8) is 0 Å². The van der Waals surface area contributed by atoms with Crippen molar-refractivity contribution in [2.24, 2.45) is 5.92 Å². The van der Waals surface area contributed by atoms with Gasteiger partial charge in [0.25, 0.3) is 0 Å². The first-order valence-corrected chi connectivity index (χ1v) is 8.66. The SMILES string of the molecule is CC(C)C/C=C\CCCCCCCCCC(=O)NCC(=O)O. The summed E-state index contributed by atoms with van der Waals surface area (Å²) >= 11 is 0. The minimum Gasteiger partial charge on any atom is -0.480 e. The van der Waals surface area contributed by atoms with Gasteiger partial charge >= 0.3 is 5.97 Å². The molecule has 0 fully saturated rings. The summed E-state index contributed by atoms with van der Waals surface area (Å²) in [5.41, 5.74) is 0. The molecule has 0 radical (unpaired) electrons. The first-order valence-electron chi connectivity index (χ1n) is 8.66. The number of carbonyl (C=O) groups is 2. The second-order valence-corrected chi connectivity index (χ2v) is 6.28. The number of nitrogens with one attached hydrogen (secondary N) is 1. The number of carbonyl (C=O) groups excluding carboxylic acids is 1. The van der Waals surface area contributed by atoms with E-state index in [1.54, 1.807) is 0 Å². The molecular weight excluding hydrogens is 278 g/mol. The summed E-state index contributed by atoms with van der Waals surface area (Å²) < 4.78 is 0. The van der Waals surface area contributed by atoms with Crippen LogP contribution in [0.5, 0.6) is 0 Å². The van der Waals surface area contributed by atoms with Crippen LogP contribution in [-0.4, -0.2) is 23.5 Å². The number of unbranched alkanes of at least 4 members (excludes halogenated alkanes) is 7. The van der Waals surface area contributed by atoms with Crippen molar-refractivity contribution < 1.29 is 14.7 Å². The number of amides is 1. The fourth-order valence-corrected chi connectivity index (χ4v) is 2.18. The standard InChI is InChI=1S/C18H33NO3/c1-16(2)13-11-9-7-5-3-4-6-8-10-12-14-17(20)19-15-18(21)22/h9,11,16H,3-8,10,12-15H2,1-2H3,(H,19,20)(H,21,22)/b11-9-. The van der Waals surface area contributed by atoms with Gasteiger partial charge in [-0.15, -0.1) is 0 Å². The van der Waals surface area contributed by atoms with Crippen LogP contribution in [0.4, 0.5) is 0 Å². The van der Waals surface area contributed by atoms with E-state index in [1.807, 2.05) is 0 Å². The van der Waals surface area contributed by atoms with Crippen LogP contribution in [0, 0.1) is 5.92 Å². The Morgan fingerprint density at radius 1 is 0.955 bits per heavy atom. The molecule has 1 amide bonds. The first-order chi connectivity index (χ1) is 10.5. The van der Waals surface area contributed by atoms with Crippen LogP contribution in [0.25, 0.3) is 0 Å². The van der Waals surface area contributed by atoms with Gasteiger partial charge in [-0.25, -0.2) is 0 Å². The van der Waals surface area contributed by atoms with E-state index in [9.17, 15) is 9.59 Å². The topological polar surface area (TPSA) is 66.4 Å². The summed E-state index contributed by atoms with van der Waals surface area (Å²) in [5, 5.41) is 10.8. The Balaban J connectivity index is 3.22. The molecule has 0 aliphatic carbocycles. The highest BCUT2D eigenvalue weighted by atomic mass is 16.4. The molecule has 128 valence electrons. The van der Waals surface area contributed by atoms with Crippen molar-refractivity contribution in [2.75, 3.05) is 6.54 Å².